The molecule has 2 aromatic rings. The molecular formula is C10H11N5OS. The zero-order valence-electron chi connectivity index (χ0n) is 9.17. The van der Waals surface area contributed by atoms with Crippen LogP contribution in [0.5, 0.6) is 0 Å². The van der Waals surface area contributed by atoms with Gasteiger partial charge < -0.3 is 5.32 Å². The van der Waals surface area contributed by atoms with Gasteiger partial charge in [0, 0.05) is 6.54 Å². The molecule has 0 unspecified atom stereocenters. The van der Waals surface area contributed by atoms with E-state index in [0.717, 1.165) is 6.54 Å². The predicted octanol–water partition coefficient (Wildman–Crippen LogP) is 1.62. The maximum absolute atomic E-state index is 11.8. The molecule has 0 saturated heterocycles. The Hall–Kier alpha value is -2.02. The Morgan fingerprint density at radius 1 is 1.47 bits per heavy atom. The van der Waals surface area contributed by atoms with Crippen molar-refractivity contribution in [3.8, 4) is 0 Å². The van der Waals surface area contributed by atoms with E-state index in [9.17, 15) is 4.79 Å². The Labute approximate surface area is 102 Å². The number of pyridine rings is 1. The lowest BCUT2D eigenvalue weighted by molar-refractivity contribution is 0.102. The van der Waals surface area contributed by atoms with Crippen molar-refractivity contribution >= 4 is 28.2 Å². The van der Waals surface area contributed by atoms with Crippen molar-refractivity contribution in [2.24, 2.45) is 0 Å². The number of hydrogen-bond acceptors (Lipinski definition) is 6. The molecule has 0 atom stereocenters. The number of anilines is 2. The standard InChI is InChI=1S/C10H11N5OS/c1-2-11-8-5-3-4-7(13-8)9(16)14-10-15-12-6-17-10/h3-6H,2H2,1H3,(H,11,13)(H,14,15,16). The first-order chi connectivity index (χ1) is 8.29. The van der Waals surface area contributed by atoms with Crippen molar-refractivity contribution in [3.05, 3.63) is 29.4 Å². The Morgan fingerprint density at radius 2 is 2.35 bits per heavy atom. The minimum Gasteiger partial charge on any atom is -0.370 e. The van der Waals surface area contributed by atoms with Crippen molar-refractivity contribution < 1.29 is 4.79 Å². The summed E-state index contributed by atoms with van der Waals surface area (Å²) in [4.78, 5) is 16.0. The quantitative estimate of drug-likeness (QED) is 0.860. The van der Waals surface area contributed by atoms with Gasteiger partial charge in [-0.05, 0) is 19.1 Å². The predicted molar refractivity (Wildman–Crippen MR) is 66.3 cm³/mol. The van der Waals surface area contributed by atoms with Gasteiger partial charge in [-0.1, -0.05) is 17.4 Å². The highest BCUT2D eigenvalue weighted by atomic mass is 32.1. The summed E-state index contributed by atoms with van der Waals surface area (Å²) in [5.41, 5.74) is 1.90. The number of carbonyl (C=O) groups excluding carboxylic acids is 1. The van der Waals surface area contributed by atoms with Crippen LogP contribution in [0, 0.1) is 0 Å². The first-order valence-corrected chi connectivity index (χ1v) is 5.96. The Balaban J connectivity index is 2.11. The number of carbonyl (C=O) groups is 1. The van der Waals surface area contributed by atoms with Gasteiger partial charge in [0.25, 0.3) is 5.91 Å². The second-order valence-corrected chi connectivity index (χ2v) is 3.97. The number of rotatable bonds is 4. The largest absolute Gasteiger partial charge is 0.370 e. The second-order valence-electron chi connectivity index (χ2n) is 3.14. The van der Waals surface area contributed by atoms with Gasteiger partial charge in [0.2, 0.25) is 5.13 Å². The van der Waals surface area contributed by atoms with Crippen molar-refractivity contribution in [2.45, 2.75) is 6.92 Å². The molecule has 2 N–H and O–H groups in total. The zero-order chi connectivity index (χ0) is 12.1. The van der Waals surface area contributed by atoms with Crippen LogP contribution >= 0.6 is 11.3 Å². The molecule has 6 nitrogen and oxygen atoms in total. The third-order valence-corrected chi connectivity index (χ3v) is 2.53. The summed E-state index contributed by atoms with van der Waals surface area (Å²) < 4.78 is 0. The van der Waals surface area contributed by atoms with E-state index in [1.54, 1.807) is 17.6 Å². The minimum absolute atomic E-state index is 0.290. The van der Waals surface area contributed by atoms with E-state index < -0.39 is 0 Å². The van der Waals surface area contributed by atoms with Crippen LogP contribution < -0.4 is 10.6 Å². The first-order valence-electron chi connectivity index (χ1n) is 5.08. The van der Waals surface area contributed by atoms with Gasteiger partial charge in [-0.3, -0.25) is 10.1 Å². The fraction of sp³-hybridized carbons (Fsp3) is 0.200. The van der Waals surface area contributed by atoms with Gasteiger partial charge in [-0.15, -0.1) is 10.2 Å². The first kappa shape index (κ1) is 11.5. The molecule has 0 saturated carbocycles. The van der Waals surface area contributed by atoms with Gasteiger partial charge in [-0.25, -0.2) is 4.98 Å². The molecule has 0 aliphatic heterocycles. The van der Waals surface area contributed by atoms with Gasteiger partial charge in [0.1, 0.15) is 17.0 Å². The fourth-order valence-electron chi connectivity index (χ4n) is 1.23. The molecule has 17 heavy (non-hydrogen) atoms. The van der Waals surface area contributed by atoms with Crippen LogP contribution in [0.2, 0.25) is 0 Å². The summed E-state index contributed by atoms with van der Waals surface area (Å²) in [6, 6.07) is 5.24. The molecule has 0 fully saturated rings. The number of nitrogens with zero attached hydrogens (tertiary/aromatic N) is 3. The van der Waals surface area contributed by atoms with Crippen LogP contribution in [0.3, 0.4) is 0 Å². The highest BCUT2D eigenvalue weighted by Gasteiger charge is 2.09. The highest BCUT2D eigenvalue weighted by Crippen LogP contribution is 2.11. The molecule has 2 rings (SSSR count). The molecule has 1 amide bonds. The lowest BCUT2D eigenvalue weighted by Crippen LogP contribution is -2.14. The Morgan fingerprint density at radius 3 is 3.06 bits per heavy atom. The molecular weight excluding hydrogens is 238 g/mol. The van der Waals surface area contributed by atoms with E-state index in [2.05, 4.69) is 25.8 Å². The smallest absolute Gasteiger partial charge is 0.276 e. The van der Waals surface area contributed by atoms with Crippen LogP contribution in [0.25, 0.3) is 0 Å². The lowest BCUT2D eigenvalue weighted by atomic mass is 10.3. The van der Waals surface area contributed by atoms with E-state index in [0.29, 0.717) is 16.6 Å². The van der Waals surface area contributed by atoms with E-state index >= 15 is 0 Å². The molecule has 2 aromatic heterocycles. The molecule has 0 radical (unpaired) electrons. The van der Waals surface area contributed by atoms with Crippen LogP contribution in [-0.2, 0) is 0 Å². The zero-order valence-corrected chi connectivity index (χ0v) is 9.99. The van der Waals surface area contributed by atoms with E-state index in [1.165, 1.54) is 11.3 Å². The van der Waals surface area contributed by atoms with Crippen molar-refractivity contribution in [1.82, 2.24) is 15.2 Å². The molecule has 0 spiro atoms. The highest BCUT2D eigenvalue weighted by molar-refractivity contribution is 7.13. The number of amides is 1. The summed E-state index contributed by atoms with van der Waals surface area (Å²) >= 11 is 1.26. The van der Waals surface area contributed by atoms with Gasteiger partial charge >= 0.3 is 0 Å². The van der Waals surface area contributed by atoms with Crippen LogP contribution in [0.15, 0.2) is 23.7 Å². The molecule has 7 heteroatoms. The summed E-state index contributed by atoms with van der Waals surface area (Å²) in [6.07, 6.45) is 0. The molecule has 88 valence electrons. The monoisotopic (exact) mass is 249 g/mol. The summed E-state index contributed by atoms with van der Waals surface area (Å²) in [7, 11) is 0. The average molecular weight is 249 g/mol. The molecule has 0 bridgehead atoms. The van der Waals surface area contributed by atoms with Gasteiger partial charge in [-0.2, -0.15) is 0 Å². The number of nitrogens with one attached hydrogen (secondary N) is 2. The maximum atomic E-state index is 11.8. The van der Waals surface area contributed by atoms with E-state index in [-0.39, 0.29) is 5.91 Å². The normalized spacial score (nSPS) is 9.94. The average Bonchev–Trinajstić information content (AvgIpc) is 2.83. The molecule has 0 aromatic carbocycles. The Bertz CT molecular complexity index is 499. The van der Waals surface area contributed by atoms with Crippen molar-refractivity contribution in [3.63, 3.8) is 0 Å². The molecule has 0 aliphatic carbocycles. The van der Waals surface area contributed by atoms with Gasteiger partial charge in [0.15, 0.2) is 0 Å². The third-order valence-electron chi connectivity index (χ3n) is 1.92. The van der Waals surface area contributed by atoms with E-state index in [1.807, 2.05) is 13.0 Å². The maximum Gasteiger partial charge on any atom is 0.276 e. The van der Waals surface area contributed by atoms with Crippen LogP contribution in [-0.4, -0.2) is 27.6 Å². The number of aromatic nitrogens is 3. The minimum atomic E-state index is -0.290. The van der Waals surface area contributed by atoms with Gasteiger partial charge in [0.05, 0.1) is 0 Å². The summed E-state index contributed by atoms with van der Waals surface area (Å²) in [6.45, 7) is 2.73. The van der Waals surface area contributed by atoms with Crippen molar-refractivity contribution in [2.75, 3.05) is 17.2 Å². The summed E-state index contributed by atoms with van der Waals surface area (Å²) in [5.74, 6) is 0.388. The van der Waals surface area contributed by atoms with E-state index in [4.69, 9.17) is 0 Å². The Kier molecular flexibility index (Phi) is 3.61. The van der Waals surface area contributed by atoms with Crippen LogP contribution in [0.1, 0.15) is 17.4 Å². The van der Waals surface area contributed by atoms with Crippen LogP contribution in [0.4, 0.5) is 10.9 Å². The second kappa shape index (κ2) is 5.35. The molecule has 2 heterocycles. The van der Waals surface area contributed by atoms with Crippen molar-refractivity contribution in [1.29, 1.82) is 0 Å². The molecule has 0 aliphatic rings. The third kappa shape index (κ3) is 2.97. The topological polar surface area (TPSA) is 79.8 Å². The SMILES string of the molecule is CCNc1cccc(C(=O)Nc2nncs2)n1. The summed E-state index contributed by atoms with van der Waals surface area (Å²) in [5, 5.41) is 13.5. The lowest BCUT2D eigenvalue weighted by Gasteiger charge is -2.04. The number of hydrogen-bond donors (Lipinski definition) is 2. The fourth-order valence-corrected chi connectivity index (χ4v) is 1.67.